The molecule has 1 saturated heterocycles. The zero-order valence-corrected chi connectivity index (χ0v) is 14.4. The number of carbonyl (C=O) groups is 1. The third-order valence-corrected chi connectivity index (χ3v) is 4.32. The molecule has 23 heavy (non-hydrogen) atoms. The normalized spacial score (nSPS) is 17.0. The predicted octanol–water partition coefficient (Wildman–Crippen LogP) is 1.83. The van der Waals surface area contributed by atoms with Crippen molar-refractivity contribution < 1.29 is 9.53 Å². The van der Waals surface area contributed by atoms with Gasteiger partial charge in [-0.2, -0.15) is 0 Å². The van der Waals surface area contributed by atoms with Gasteiger partial charge < -0.3 is 15.4 Å². The molecule has 1 aromatic carbocycles. The molecule has 2 N–H and O–H groups in total. The second-order valence-corrected chi connectivity index (χ2v) is 6.16. The number of amides is 1. The minimum absolute atomic E-state index is 0.104. The predicted molar refractivity (Wildman–Crippen MR) is 92.8 cm³/mol. The van der Waals surface area contributed by atoms with Crippen molar-refractivity contribution in [2.45, 2.75) is 18.9 Å². The Bertz CT molecular complexity index is 475. The Morgan fingerprint density at radius 2 is 2.00 bits per heavy atom. The summed E-state index contributed by atoms with van der Waals surface area (Å²) in [5.74, 6) is 0.104. The van der Waals surface area contributed by atoms with Crippen molar-refractivity contribution in [3.8, 4) is 0 Å². The van der Waals surface area contributed by atoms with E-state index in [1.54, 1.807) is 0 Å². The molecule has 0 aliphatic carbocycles. The second-order valence-electron chi connectivity index (χ2n) is 5.73. The van der Waals surface area contributed by atoms with Crippen LogP contribution in [0.25, 0.3) is 0 Å². The SMILES string of the molecule is CNCCCC(=O)NCC(c1ccc(Cl)cc1)N1CCOCC1. The van der Waals surface area contributed by atoms with Gasteiger partial charge in [-0.1, -0.05) is 23.7 Å². The molecular weight excluding hydrogens is 314 g/mol. The average molecular weight is 340 g/mol. The van der Waals surface area contributed by atoms with Crippen molar-refractivity contribution in [3.63, 3.8) is 0 Å². The highest BCUT2D eigenvalue weighted by molar-refractivity contribution is 6.30. The maximum atomic E-state index is 12.0. The van der Waals surface area contributed by atoms with E-state index in [4.69, 9.17) is 16.3 Å². The number of hydrogen-bond acceptors (Lipinski definition) is 4. The number of halogens is 1. The van der Waals surface area contributed by atoms with Crippen molar-refractivity contribution in [1.29, 1.82) is 0 Å². The Hall–Kier alpha value is -1.14. The zero-order chi connectivity index (χ0) is 16.5. The van der Waals surface area contributed by atoms with Crippen molar-refractivity contribution >= 4 is 17.5 Å². The summed E-state index contributed by atoms with van der Waals surface area (Å²) in [4.78, 5) is 14.3. The summed E-state index contributed by atoms with van der Waals surface area (Å²) in [6.45, 7) is 4.70. The molecule has 5 nitrogen and oxygen atoms in total. The molecule has 1 aromatic rings. The number of hydrogen-bond donors (Lipinski definition) is 2. The monoisotopic (exact) mass is 339 g/mol. The minimum Gasteiger partial charge on any atom is -0.379 e. The van der Waals surface area contributed by atoms with E-state index in [2.05, 4.69) is 15.5 Å². The molecule has 1 fully saturated rings. The highest BCUT2D eigenvalue weighted by Crippen LogP contribution is 2.23. The molecule has 0 radical (unpaired) electrons. The first-order valence-corrected chi connectivity index (χ1v) is 8.57. The quantitative estimate of drug-likeness (QED) is 0.709. The summed E-state index contributed by atoms with van der Waals surface area (Å²) in [6.07, 6.45) is 1.41. The van der Waals surface area contributed by atoms with Crippen molar-refractivity contribution in [2.75, 3.05) is 46.4 Å². The van der Waals surface area contributed by atoms with Gasteiger partial charge in [0.05, 0.1) is 19.3 Å². The van der Waals surface area contributed by atoms with Crippen LogP contribution in [0.1, 0.15) is 24.4 Å². The molecule has 0 saturated carbocycles. The van der Waals surface area contributed by atoms with Gasteiger partial charge in [-0.05, 0) is 37.7 Å². The van der Waals surface area contributed by atoms with Crippen LogP contribution in [0.5, 0.6) is 0 Å². The molecule has 1 amide bonds. The standard InChI is InChI=1S/C17H26ClN3O2/c1-19-8-2-3-17(22)20-13-16(21-9-11-23-12-10-21)14-4-6-15(18)7-5-14/h4-7,16,19H,2-3,8-13H2,1H3,(H,20,22). The summed E-state index contributed by atoms with van der Waals surface area (Å²) in [5.41, 5.74) is 1.17. The fourth-order valence-electron chi connectivity index (χ4n) is 2.76. The lowest BCUT2D eigenvalue weighted by molar-refractivity contribution is -0.121. The Kier molecular flexibility index (Phi) is 7.82. The minimum atomic E-state index is 0.104. The van der Waals surface area contributed by atoms with E-state index >= 15 is 0 Å². The molecule has 1 heterocycles. The molecule has 1 unspecified atom stereocenters. The first-order chi connectivity index (χ1) is 11.2. The Morgan fingerprint density at radius 1 is 1.30 bits per heavy atom. The van der Waals surface area contributed by atoms with Crippen LogP contribution in [0.2, 0.25) is 5.02 Å². The van der Waals surface area contributed by atoms with Crippen LogP contribution < -0.4 is 10.6 Å². The number of benzene rings is 1. The number of ether oxygens (including phenoxy) is 1. The van der Waals surface area contributed by atoms with Crippen molar-refractivity contribution in [2.24, 2.45) is 0 Å². The lowest BCUT2D eigenvalue weighted by Crippen LogP contribution is -2.43. The Labute approximate surface area is 143 Å². The number of carbonyl (C=O) groups excluding carboxylic acids is 1. The van der Waals surface area contributed by atoms with Crippen molar-refractivity contribution in [3.05, 3.63) is 34.9 Å². The smallest absolute Gasteiger partial charge is 0.220 e. The van der Waals surface area contributed by atoms with Gasteiger partial charge in [-0.25, -0.2) is 0 Å². The highest BCUT2D eigenvalue weighted by Gasteiger charge is 2.23. The first-order valence-electron chi connectivity index (χ1n) is 8.19. The van der Waals surface area contributed by atoms with E-state index in [-0.39, 0.29) is 11.9 Å². The van der Waals surface area contributed by atoms with Gasteiger partial charge >= 0.3 is 0 Å². The molecule has 0 aromatic heterocycles. The van der Waals surface area contributed by atoms with Crippen LogP contribution >= 0.6 is 11.6 Å². The van der Waals surface area contributed by atoms with Gasteiger partial charge in [-0.3, -0.25) is 9.69 Å². The summed E-state index contributed by atoms with van der Waals surface area (Å²) in [6, 6.07) is 8.04. The van der Waals surface area contributed by atoms with Crippen LogP contribution in [-0.4, -0.2) is 57.2 Å². The second kappa shape index (κ2) is 9.88. The molecule has 2 rings (SSSR count). The van der Waals surface area contributed by atoms with E-state index in [1.165, 1.54) is 5.56 Å². The summed E-state index contributed by atoms with van der Waals surface area (Å²) in [7, 11) is 1.90. The summed E-state index contributed by atoms with van der Waals surface area (Å²) in [5, 5.41) is 6.85. The maximum absolute atomic E-state index is 12.0. The van der Waals surface area contributed by atoms with E-state index in [9.17, 15) is 4.79 Å². The summed E-state index contributed by atoms with van der Waals surface area (Å²) >= 11 is 5.99. The third kappa shape index (κ3) is 6.11. The van der Waals surface area contributed by atoms with E-state index < -0.39 is 0 Å². The van der Waals surface area contributed by atoms with Crippen LogP contribution in [0.3, 0.4) is 0 Å². The van der Waals surface area contributed by atoms with E-state index in [0.29, 0.717) is 13.0 Å². The largest absolute Gasteiger partial charge is 0.379 e. The molecule has 128 valence electrons. The third-order valence-electron chi connectivity index (χ3n) is 4.06. The van der Waals surface area contributed by atoms with Crippen molar-refractivity contribution in [1.82, 2.24) is 15.5 Å². The first kappa shape index (κ1) is 18.2. The lowest BCUT2D eigenvalue weighted by Gasteiger charge is -2.35. The maximum Gasteiger partial charge on any atom is 0.220 e. The fourth-order valence-corrected chi connectivity index (χ4v) is 2.88. The van der Waals surface area contributed by atoms with Gasteiger partial charge in [0, 0.05) is 31.1 Å². The number of rotatable bonds is 8. The van der Waals surface area contributed by atoms with Gasteiger partial charge in [-0.15, -0.1) is 0 Å². The van der Waals surface area contributed by atoms with Crippen LogP contribution in [-0.2, 0) is 9.53 Å². The number of nitrogens with one attached hydrogen (secondary N) is 2. The van der Waals surface area contributed by atoms with Gasteiger partial charge in [0.25, 0.3) is 0 Å². The van der Waals surface area contributed by atoms with E-state index in [1.807, 2.05) is 31.3 Å². The highest BCUT2D eigenvalue weighted by atomic mass is 35.5. The Morgan fingerprint density at radius 3 is 2.65 bits per heavy atom. The molecule has 0 bridgehead atoms. The van der Waals surface area contributed by atoms with E-state index in [0.717, 1.165) is 44.3 Å². The molecule has 1 aliphatic rings. The number of morpholine rings is 1. The number of nitrogens with zero attached hydrogens (tertiary/aromatic N) is 1. The molecule has 0 spiro atoms. The van der Waals surface area contributed by atoms with Gasteiger partial charge in [0.15, 0.2) is 0 Å². The molecular formula is C17H26ClN3O2. The molecule has 1 atom stereocenters. The molecule has 6 heteroatoms. The van der Waals surface area contributed by atoms with Crippen LogP contribution in [0.15, 0.2) is 24.3 Å². The molecule has 1 aliphatic heterocycles. The van der Waals surface area contributed by atoms with Crippen LogP contribution in [0, 0.1) is 0 Å². The Balaban J connectivity index is 1.95. The summed E-state index contributed by atoms with van der Waals surface area (Å²) < 4.78 is 5.44. The van der Waals surface area contributed by atoms with Gasteiger partial charge in [0.1, 0.15) is 0 Å². The zero-order valence-electron chi connectivity index (χ0n) is 13.7. The van der Waals surface area contributed by atoms with Crippen LogP contribution in [0.4, 0.5) is 0 Å². The topological polar surface area (TPSA) is 53.6 Å². The fraction of sp³-hybridized carbons (Fsp3) is 0.588. The average Bonchev–Trinajstić information content (AvgIpc) is 2.58. The van der Waals surface area contributed by atoms with Gasteiger partial charge in [0.2, 0.25) is 5.91 Å². The lowest BCUT2D eigenvalue weighted by atomic mass is 10.0.